The highest BCUT2D eigenvalue weighted by atomic mass is 16.5. The minimum absolute atomic E-state index is 0.597. The number of hydrogen-bond acceptors (Lipinski definition) is 6. The van der Waals surface area contributed by atoms with Gasteiger partial charge in [0.25, 0.3) is 5.78 Å². The maximum Gasteiger partial charge on any atom is 0.253 e. The van der Waals surface area contributed by atoms with E-state index in [2.05, 4.69) is 52.2 Å². The van der Waals surface area contributed by atoms with E-state index in [0.29, 0.717) is 5.78 Å². The van der Waals surface area contributed by atoms with Crippen molar-refractivity contribution in [3.05, 3.63) is 71.7 Å². The van der Waals surface area contributed by atoms with Gasteiger partial charge < -0.3 is 9.47 Å². The van der Waals surface area contributed by atoms with Crippen molar-refractivity contribution in [2.24, 2.45) is 0 Å². The van der Waals surface area contributed by atoms with Crippen molar-refractivity contribution >= 4 is 17.4 Å². The predicted octanol–water partition coefficient (Wildman–Crippen LogP) is 4.18. The summed E-state index contributed by atoms with van der Waals surface area (Å²) < 4.78 is 12.5. The summed E-state index contributed by atoms with van der Waals surface area (Å²) in [5.41, 5.74) is 6.49. The van der Waals surface area contributed by atoms with Crippen molar-refractivity contribution in [3.63, 3.8) is 0 Å². The first kappa shape index (κ1) is 20.2. The average molecular weight is 428 g/mol. The fourth-order valence-electron chi connectivity index (χ4n) is 4.17. The molecule has 3 heterocycles. The monoisotopic (exact) mass is 427 g/mol. The molecule has 1 aliphatic heterocycles. The Bertz CT molecular complexity index is 1280. The number of aromatic nitrogens is 4. The number of methoxy groups -OCH3 is 2. The first-order valence-electron chi connectivity index (χ1n) is 10.6. The Morgan fingerprint density at radius 3 is 2.28 bits per heavy atom. The van der Waals surface area contributed by atoms with Crippen LogP contribution in [-0.4, -0.2) is 51.8 Å². The number of hydrogen-bond donors (Lipinski definition) is 0. The van der Waals surface area contributed by atoms with Crippen LogP contribution in [0.3, 0.4) is 0 Å². The predicted molar refractivity (Wildman–Crippen MR) is 125 cm³/mol. The molecule has 5 rings (SSSR count). The summed E-state index contributed by atoms with van der Waals surface area (Å²) in [6, 6.07) is 16.2. The minimum Gasteiger partial charge on any atom is -0.497 e. The summed E-state index contributed by atoms with van der Waals surface area (Å²) in [6.07, 6.45) is 3.77. The Balaban J connectivity index is 1.71. The summed E-state index contributed by atoms with van der Waals surface area (Å²) in [7, 11) is 3.35. The van der Waals surface area contributed by atoms with Crippen LogP contribution >= 0.6 is 0 Å². The maximum atomic E-state index is 5.35. The van der Waals surface area contributed by atoms with Gasteiger partial charge in [-0.05, 0) is 60.2 Å². The van der Waals surface area contributed by atoms with Crippen LogP contribution in [0.25, 0.3) is 28.7 Å². The molecule has 0 amide bonds. The molecule has 2 aromatic carbocycles. The second kappa shape index (κ2) is 8.43. The Morgan fingerprint density at radius 1 is 0.938 bits per heavy atom. The van der Waals surface area contributed by atoms with E-state index in [0.717, 1.165) is 59.2 Å². The highest BCUT2D eigenvalue weighted by Crippen LogP contribution is 2.35. The molecular weight excluding hydrogens is 402 g/mol. The molecule has 0 saturated carbocycles. The number of likely N-dealkylation sites (N-methyl/N-ethyl adjacent to an activating group) is 1. The van der Waals surface area contributed by atoms with Crippen LogP contribution in [0.4, 0.5) is 0 Å². The molecule has 2 aromatic heterocycles. The molecule has 7 heteroatoms. The lowest BCUT2D eigenvalue weighted by atomic mass is 9.94. The molecule has 1 aliphatic rings. The van der Waals surface area contributed by atoms with Crippen LogP contribution in [0, 0.1) is 0 Å². The van der Waals surface area contributed by atoms with Gasteiger partial charge in [0.05, 0.1) is 25.6 Å². The second-order valence-corrected chi connectivity index (χ2v) is 7.73. The van der Waals surface area contributed by atoms with Gasteiger partial charge in [-0.2, -0.15) is 14.6 Å². The van der Waals surface area contributed by atoms with Crippen LogP contribution < -0.4 is 9.47 Å². The molecule has 0 unspecified atom stereocenters. The third kappa shape index (κ3) is 3.61. The van der Waals surface area contributed by atoms with Gasteiger partial charge in [0.2, 0.25) is 0 Å². The summed E-state index contributed by atoms with van der Waals surface area (Å²) in [6.45, 7) is 4.76. The molecular formula is C25H25N5O2. The largest absolute Gasteiger partial charge is 0.497 e. The molecule has 0 fully saturated rings. The lowest BCUT2D eigenvalue weighted by Crippen LogP contribution is -2.31. The van der Waals surface area contributed by atoms with Gasteiger partial charge in [0, 0.05) is 24.2 Å². The third-order valence-corrected chi connectivity index (χ3v) is 5.87. The zero-order chi connectivity index (χ0) is 22.1. The molecule has 7 nitrogen and oxygen atoms in total. The van der Waals surface area contributed by atoms with Crippen LogP contribution in [0.2, 0.25) is 0 Å². The van der Waals surface area contributed by atoms with Crippen molar-refractivity contribution in [2.75, 3.05) is 27.3 Å². The van der Waals surface area contributed by atoms with Crippen LogP contribution in [-0.2, 0) is 6.54 Å². The van der Waals surface area contributed by atoms with E-state index < -0.39 is 0 Å². The standard InChI is InChI=1S/C25H25N5O2/c1-4-29-14-19(13-17-5-9-20(31-2)10-6-17)23-22(15-29)24(30-25(28-23)26-16-27-30)18-7-11-21(32-3)12-8-18/h5-13,16H,4,14-15H2,1-3H3/b19-13-. The fourth-order valence-corrected chi connectivity index (χ4v) is 4.17. The molecule has 32 heavy (non-hydrogen) atoms. The van der Waals surface area contributed by atoms with E-state index in [1.807, 2.05) is 28.8 Å². The Labute approximate surface area is 187 Å². The summed E-state index contributed by atoms with van der Waals surface area (Å²) in [4.78, 5) is 11.7. The van der Waals surface area contributed by atoms with Crippen LogP contribution in [0.1, 0.15) is 23.7 Å². The van der Waals surface area contributed by atoms with Gasteiger partial charge in [-0.1, -0.05) is 19.1 Å². The first-order valence-corrected chi connectivity index (χ1v) is 10.6. The van der Waals surface area contributed by atoms with Crippen LogP contribution in [0.15, 0.2) is 54.9 Å². The topological polar surface area (TPSA) is 64.8 Å². The highest BCUT2D eigenvalue weighted by Gasteiger charge is 2.27. The van der Waals surface area contributed by atoms with E-state index in [1.165, 1.54) is 5.57 Å². The van der Waals surface area contributed by atoms with Gasteiger partial charge in [-0.3, -0.25) is 4.90 Å². The van der Waals surface area contributed by atoms with Crippen molar-refractivity contribution < 1.29 is 9.47 Å². The van der Waals surface area contributed by atoms with Crippen molar-refractivity contribution in [1.82, 2.24) is 24.5 Å². The fraction of sp³-hybridized carbons (Fsp3) is 0.240. The maximum absolute atomic E-state index is 5.35. The Kier molecular flexibility index (Phi) is 5.33. The molecule has 0 radical (unpaired) electrons. The molecule has 0 spiro atoms. The second-order valence-electron chi connectivity index (χ2n) is 7.73. The minimum atomic E-state index is 0.597. The number of benzene rings is 2. The van der Waals surface area contributed by atoms with E-state index in [4.69, 9.17) is 14.5 Å². The number of ether oxygens (including phenoxy) is 2. The van der Waals surface area contributed by atoms with Crippen LogP contribution in [0.5, 0.6) is 11.5 Å². The van der Waals surface area contributed by atoms with E-state index >= 15 is 0 Å². The Hall–Kier alpha value is -3.71. The summed E-state index contributed by atoms with van der Waals surface area (Å²) in [5.74, 6) is 2.26. The molecule has 0 atom stereocenters. The van der Waals surface area contributed by atoms with Gasteiger partial charge >= 0.3 is 0 Å². The molecule has 0 saturated heterocycles. The molecule has 0 aliphatic carbocycles. The average Bonchev–Trinajstić information content (AvgIpc) is 3.31. The lowest BCUT2D eigenvalue weighted by molar-refractivity contribution is 0.307. The summed E-state index contributed by atoms with van der Waals surface area (Å²) in [5, 5.41) is 4.48. The van der Waals surface area contributed by atoms with Gasteiger partial charge in [0.1, 0.15) is 17.8 Å². The van der Waals surface area contributed by atoms with Crippen molar-refractivity contribution in [3.8, 4) is 22.8 Å². The van der Waals surface area contributed by atoms with E-state index in [-0.39, 0.29) is 0 Å². The Morgan fingerprint density at radius 2 is 1.62 bits per heavy atom. The number of nitrogens with zero attached hydrogens (tertiary/aromatic N) is 5. The van der Waals surface area contributed by atoms with Gasteiger partial charge in [-0.15, -0.1) is 0 Å². The SMILES string of the molecule is CCN1C/C(=C/c2ccc(OC)cc2)c2nc3ncnn3c(-c3ccc(OC)cc3)c2C1. The number of fused-ring (bicyclic) bond motifs is 2. The zero-order valence-electron chi connectivity index (χ0n) is 18.4. The zero-order valence-corrected chi connectivity index (χ0v) is 18.4. The van der Waals surface area contributed by atoms with E-state index in [1.54, 1.807) is 20.5 Å². The third-order valence-electron chi connectivity index (χ3n) is 5.87. The first-order chi connectivity index (χ1) is 15.7. The summed E-state index contributed by atoms with van der Waals surface area (Å²) >= 11 is 0. The van der Waals surface area contributed by atoms with Gasteiger partial charge in [0.15, 0.2) is 0 Å². The van der Waals surface area contributed by atoms with E-state index in [9.17, 15) is 0 Å². The smallest absolute Gasteiger partial charge is 0.253 e. The molecule has 4 aromatic rings. The molecule has 0 bridgehead atoms. The van der Waals surface area contributed by atoms with Gasteiger partial charge in [-0.25, -0.2) is 4.98 Å². The molecule has 162 valence electrons. The highest BCUT2D eigenvalue weighted by molar-refractivity contribution is 5.86. The normalized spacial score (nSPS) is 15.2. The quantitative estimate of drug-likeness (QED) is 0.476. The lowest BCUT2D eigenvalue weighted by Gasteiger charge is -2.30. The van der Waals surface area contributed by atoms with Crippen molar-refractivity contribution in [2.45, 2.75) is 13.5 Å². The van der Waals surface area contributed by atoms with Crippen molar-refractivity contribution in [1.29, 1.82) is 0 Å². The molecule has 0 N–H and O–H groups in total. The number of rotatable bonds is 5.